The number of rotatable bonds is 3. The van der Waals surface area contributed by atoms with E-state index in [0.717, 1.165) is 21.8 Å². The Morgan fingerprint density at radius 1 is 1.25 bits per heavy atom. The van der Waals surface area contributed by atoms with Crippen LogP contribution in [0.2, 0.25) is 5.02 Å². The molecule has 0 amide bonds. The summed E-state index contributed by atoms with van der Waals surface area (Å²) in [6.07, 6.45) is 0. The molecule has 1 aliphatic heterocycles. The SMILES string of the molecule is Fc1cc2c(c(CSc3cccc(Cl)c3)c1)OCOC2. The topological polar surface area (TPSA) is 18.5 Å². The van der Waals surface area contributed by atoms with Crippen molar-refractivity contribution < 1.29 is 13.9 Å². The van der Waals surface area contributed by atoms with Gasteiger partial charge >= 0.3 is 0 Å². The van der Waals surface area contributed by atoms with Crippen LogP contribution in [0.1, 0.15) is 11.1 Å². The number of thioether (sulfide) groups is 1. The van der Waals surface area contributed by atoms with E-state index in [1.807, 2.05) is 24.3 Å². The number of hydrogen-bond donors (Lipinski definition) is 0. The molecule has 0 aliphatic carbocycles. The van der Waals surface area contributed by atoms with Gasteiger partial charge in [0.2, 0.25) is 0 Å². The highest BCUT2D eigenvalue weighted by Crippen LogP contribution is 2.34. The second kappa shape index (κ2) is 6.04. The van der Waals surface area contributed by atoms with Gasteiger partial charge in [-0.15, -0.1) is 11.8 Å². The van der Waals surface area contributed by atoms with Gasteiger partial charge in [0.05, 0.1) is 6.61 Å². The van der Waals surface area contributed by atoms with Gasteiger partial charge in [-0.05, 0) is 30.3 Å². The molecule has 20 heavy (non-hydrogen) atoms. The van der Waals surface area contributed by atoms with Crippen LogP contribution in [0.15, 0.2) is 41.3 Å². The Bertz CT molecular complexity index is 633. The van der Waals surface area contributed by atoms with Crippen molar-refractivity contribution in [2.45, 2.75) is 17.3 Å². The molecule has 0 saturated heterocycles. The van der Waals surface area contributed by atoms with E-state index in [1.54, 1.807) is 11.8 Å². The number of ether oxygens (including phenoxy) is 2. The van der Waals surface area contributed by atoms with Gasteiger partial charge in [0.1, 0.15) is 11.6 Å². The van der Waals surface area contributed by atoms with Gasteiger partial charge in [0.15, 0.2) is 6.79 Å². The Hall–Kier alpha value is -1.23. The minimum absolute atomic E-state index is 0.216. The minimum atomic E-state index is -0.264. The second-order valence-corrected chi connectivity index (χ2v) is 5.90. The molecule has 0 saturated carbocycles. The van der Waals surface area contributed by atoms with Gasteiger partial charge in [-0.2, -0.15) is 0 Å². The van der Waals surface area contributed by atoms with Crippen LogP contribution in [-0.4, -0.2) is 6.79 Å². The largest absolute Gasteiger partial charge is 0.467 e. The van der Waals surface area contributed by atoms with Crippen molar-refractivity contribution in [2.75, 3.05) is 6.79 Å². The molecule has 0 aromatic heterocycles. The molecule has 0 fully saturated rings. The van der Waals surface area contributed by atoms with Gasteiger partial charge in [0, 0.05) is 26.8 Å². The van der Waals surface area contributed by atoms with Gasteiger partial charge in [-0.1, -0.05) is 17.7 Å². The van der Waals surface area contributed by atoms with Crippen LogP contribution in [0.5, 0.6) is 5.75 Å². The smallest absolute Gasteiger partial charge is 0.189 e. The highest BCUT2D eigenvalue weighted by Gasteiger charge is 2.17. The van der Waals surface area contributed by atoms with Crippen molar-refractivity contribution in [1.29, 1.82) is 0 Å². The lowest BCUT2D eigenvalue weighted by molar-refractivity contribution is -0.0171. The summed E-state index contributed by atoms with van der Waals surface area (Å²) in [6, 6.07) is 10.6. The third-order valence-electron chi connectivity index (χ3n) is 2.94. The van der Waals surface area contributed by atoms with Crippen LogP contribution < -0.4 is 4.74 Å². The van der Waals surface area contributed by atoms with E-state index in [9.17, 15) is 4.39 Å². The summed E-state index contributed by atoms with van der Waals surface area (Å²) < 4.78 is 24.3. The molecule has 2 aromatic carbocycles. The predicted molar refractivity (Wildman–Crippen MR) is 77.7 cm³/mol. The first-order valence-corrected chi connectivity index (χ1v) is 7.49. The normalized spacial score (nSPS) is 13.7. The van der Waals surface area contributed by atoms with Crippen LogP contribution in [0.25, 0.3) is 0 Å². The fourth-order valence-electron chi connectivity index (χ4n) is 2.08. The Morgan fingerprint density at radius 2 is 2.15 bits per heavy atom. The summed E-state index contributed by atoms with van der Waals surface area (Å²) in [7, 11) is 0. The second-order valence-electron chi connectivity index (χ2n) is 4.41. The quantitative estimate of drug-likeness (QED) is 0.770. The van der Waals surface area contributed by atoms with E-state index in [4.69, 9.17) is 21.1 Å². The highest BCUT2D eigenvalue weighted by atomic mass is 35.5. The summed E-state index contributed by atoms with van der Waals surface area (Å²) in [5, 5.41) is 0.695. The number of fused-ring (bicyclic) bond motifs is 1. The number of benzene rings is 2. The zero-order valence-corrected chi connectivity index (χ0v) is 12.1. The molecule has 0 radical (unpaired) electrons. The van der Waals surface area contributed by atoms with E-state index in [1.165, 1.54) is 12.1 Å². The fourth-order valence-corrected chi connectivity index (χ4v) is 3.26. The molecule has 2 aromatic rings. The molecule has 0 unspecified atom stereocenters. The van der Waals surface area contributed by atoms with E-state index in [2.05, 4.69) is 0 Å². The third-order valence-corrected chi connectivity index (χ3v) is 4.22. The fraction of sp³-hybridized carbons (Fsp3) is 0.200. The van der Waals surface area contributed by atoms with Crippen LogP contribution in [0.3, 0.4) is 0 Å². The summed E-state index contributed by atoms with van der Waals surface area (Å²) in [6.45, 7) is 0.607. The lowest BCUT2D eigenvalue weighted by Gasteiger charge is -2.20. The zero-order chi connectivity index (χ0) is 13.9. The van der Waals surface area contributed by atoms with Gasteiger partial charge in [0.25, 0.3) is 0 Å². The maximum atomic E-state index is 13.6. The Labute approximate surface area is 125 Å². The lowest BCUT2D eigenvalue weighted by atomic mass is 10.1. The summed E-state index contributed by atoms with van der Waals surface area (Å²) >= 11 is 7.55. The van der Waals surface area contributed by atoms with E-state index < -0.39 is 0 Å². The Morgan fingerprint density at radius 3 is 3.00 bits per heavy atom. The lowest BCUT2D eigenvalue weighted by Crippen LogP contribution is -2.13. The monoisotopic (exact) mass is 310 g/mol. The van der Waals surface area contributed by atoms with Crippen LogP contribution in [-0.2, 0) is 17.1 Å². The van der Waals surface area contributed by atoms with E-state index >= 15 is 0 Å². The Kier molecular flexibility index (Phi) is 4.15. The molecule has 104 valence electrons. The Balaban J connectivity index is 1.82. The van der Waals surface area contributed by atoms with Gasteiger partial charge in [-0.25, -0.2) is 4.39 Å². The first-order chi connectivity index (χ1) is 9.72. The molecule has 0 atom stereocenters. The number of hydrogen-bond acceptors (Lipinski definition) is 3. The molecule has 1 aliphatic rings. The molecule has 1 heterocycles. The summed E-state index contributed by atoms with van der Waals surface area (Å²) in [5.74, 6) is 1.10. The molecule has 3 rings (SSSR count). The molecule has 5 heteroatoms. The van der Waals surface area contributed by atoms with Crippen molar-refractivity contribution >= 4 is 23.4 Å². The third kappa shape index (κ3) is 3.08. The minimum Gasteiger partial charge on any atom is -0.467 e. The maximum absolute atomic E-state index is 13.6. The molecule has 0 spiro atoms. The first kappa shape index (κ1) is 13.7. The summed E-state index contributed by atoms with van der Waals surface area (Å²) in [5.41, 5.74) is 1.60. The van der Waals surface area contributed by atoms with E-state index in [0.29, 0.717) is 17.4 Å². The van der Waals surface area contributed by atoms with Crippen molar-refractivity contribution in [3.05, 3.63) is 58.4 Å². The van der Waals surface area contributed by atoms with Crippen LogP contribution in [0.4, 0.5) is 4.39 Å². The van der Waals surface area contributed by atoms with Crippen molar-refractivity contribution in [3.63, 3.8) is 0 Å². The maximum Gasteiger partial charge on any atom is 0.189 e. The standard InChI is InChI=1S/C15H12ClFO2S/c16-12-2-1-3-14(6-12)20-8-11-5-13(17)4-10-7-18-9-19-15(10)11/h1-6H,7-9H2. The molecular formula is C15H12ClFO2S. The van der Waals surface area contributed by atoms with Crippen molar-refractivity contribution in [1.82, 2.24) is 0 Å². The van der Waals surface area contributed by atoms with Crippen LogP contribution >= 0.6 is 23.4 Å². The van der Waals surface area contributed by atoms with Gasteiger partial charge in [-0.3, -0.25) is 0 Å². The molecule has 0 N–H and O–H groups in total. The average Bonchev–Trinajstić information content (AvgIpc) is 2.44. The zero-order valence-electron chi connectivity index (χ0n) is 10.6. The number of halogens is 2. The predicted octanol–water partition coefficient (Wildman–Crippen LogP) is 4.64. The van der Waals surface area contributed by atoms with Gasteiger partial charge < -0.3 is 9.47 Å². The average molecular weight is 311 g/mol. The molecular weight excluding hydrogens is 299 g/mol. The molecule has 2 nitrogen and oxygen atoms in total. The first-order valence-electron chi connectivity index (χ1n) is 6.12. The molecule has 0 bridgehead atoms. The van der Waals surface area contributed by atoms with Crippen LogP contribution in [0, 0.1) is 5.82 Å². The highest BCUT2D eigenvalue weighted by molar-refractivity contribution is 7.98. The summed E-state index contributed by atoms with van der Waals surface area (Å²) in [4.78, 5) is 1.04. The van der Waals surface area contributed by atoms with Crippen molar-refractivity contribution in [2.24, 2.45) is 0 Å². The van der Waals surface area contributed by atoms with Crippen molar-refractivity contribution in [3.8, 4) is 5.75 Å². The van der Waals surface area contributed by atoms with E-state index in [-0.39, 0.29) is 12.6 Å².